The van der Waals surface area contributed by atoms with Crippen molar-refractivity contribution < 1.29 is 29.8 Å². The van der Waals surface area contributed by atoms with Crippen molar-refractivity contribution in [3.05, 3.63) is 29.8 Å². The molecule has 0 aromatic heterocycles. The number of carbonyl (C=O) groups is 1. The molecule has 0 fully saturated rings. The molecular formula is C7H5INO2-. The van der Waals surface area contributed by atoms with E-state index in [4.69, 9.17) is 3.07 Å². The van der Waals surface area contributed by atoms with Crippen LogP contribution in [0.5, 0.6) is 5.75 Å². The monoisotopic (exact) mass is 262 g/mol. The average Bonchev–Trinajstić information content (AvgIpc) is 2.06. The van der Waals surface area contributed by atoms with Crippen LogP contribution in [0.25, 0.3) is 0 Å². The van der Waals surface area contributed by atoms with Crippen LogP contribution in [-0.4, -0.2) is 5.91 Å². The summed E-state index contributed by atoms with van der Waals surface area (Å²) < 4.78 is 7.96. The van der Waals surface area contributed by atoms with E-state index in [9.17, 15) is 4.79 Å². The first-order valence-corrected chi connectivity index (χ1v) is 5.04. The zero-order valence-corrected chi connectivity index (χ0v) is 7.66. The van der Waals surface area contributed by atoms with Gasteiger partial charge in [0, 0.05) is 0 Å². The summed E-state index contributed by atoms with van der Waals surface area (Å²) in [5, 5.41) is 0. The van der Waals surface area contributed by atoms with Crippen molar-refractivity contribution in [3.8, 4) is 5.75 Å². The summed E-state index contributed by atoms with van der Waals surface area (Å²) in [5.74, 6) is 0.698. The first kappa shape index (κ1) is 6.90. The van der Waals surface area contributed by atoms with Crippen molar-refractivity contribution >= 4 is 5.91 Å². The van der Waals surface area contributed by atoms with E-state index >= 15 is 0 Å². The van der Waals surface area contributed by atoms with Gasteiger partial charge >= 0.3 is 74.8 Å². The number of carbonyl (C=O) groups excluding carboxylic acids is 1. The third-order valence-electron chi connectivity index (χ3n) is 1.38. The molecule has 1 amide bonds. The Balaban J connectivity index is 2.52. The van der Waals surface area contributed by atoms with Gasteiger partial charge in [-0.05, 0) is 0 Å². The Kier molecular flexibility index (Phi) is 1.69. The number of rotatable bonds is 0. The summed E-state index contributed by atoms with van der Waals surface area (Å²) >= 11 is -0.614. The van der Waals surface area contributed by atoms with E-state index in [1.807, 2.05) is 18.2 Å². The van der Waals surface area contributed by atoms with Gasteiger partial charge < -0.3 is 0 Å². The summed E-state index contributed by atoms with van der Waals surface area (Å²) in [4.78, 5) is 11.1. The SMILES string of the molecule is O=C1N[I-]Oc2ccccc21. The van der Waals surface area contributed by atoms with Gasteiger partial charge in [-0.25, -0.2) is 0 Å². The number of hydrogen-bond acceptors (Lipinski definition) is 2. The Labute approximate surface area is 74.9 Å². The Hall–Kier alpha value is -0.780. The number of nitrogens with one attached hydrogen (secondary N) is 1. The van der Waals surface area contributed by atoms with Crippen molar-refractivity contribution in [2.75, 3.05) is 0 Å². The molecule has 0 saturated heterocycles. The minimum atomic E-state index is -0.614. The van der Waals surface area contributed by atoms with Gasteiger partial charge in [-0.15, -0.1) is 0 Å². The Morgan fingerprint density at radius 1 is 1.36 bits per heavy atom. The first-order chi connectivity index (χ1) is 5.38. The van der Waals surface area contributed by atoms with Crippen LogP contribution in [0.3, 0.4) is 0 Å². The zero-order valence-electron chi connectivity index (χ0n) is 5.50. The summed E-state index contributed by atoms with van der Waals surface area (Å²) in [6, 6.07) is 7.26. The van der Waals surface area contributed by atoms with E-state index in [1.54, 1.807) is 6.07 Å². The molecule has 1 aliphatic rings. The zero-order chi connectivity index (χ0) is 7.68. The first-order valence-electron chi connectivity index (χ1n) is 3.08. The molecule has 11 heavy (non-hydrogen) atoms. The second-order valence-corrected chi connectivity index (χ2v) is 3.49. The molecule has 1 aliphatic heterocycles. The third-order valence-corrected chi connectivity index (χ3v) is 2.78. The molecule has 2 rings (SSSR count). The molecule has 0 saturated carbocycles. The molecule has 4 heteroatoms. The maximum absolute atomic E-state index is 11.1. The molecule has 0 aliphatic carbocycles. The van der Waals surface area contributed by atoms with Crippen LogP contribution >= 0.6 is 0 Å². The van der Waals surface area contributed by atoms with E-state index in [0.29, 0.717) is 11.3 Å². The van der Waals surface area contributed by atoms with Gasteiger partial charge in [-0.2, -0.15) is 0 Å². The van der Waals surface area contributed by atoms with Crippen molar-refractivity contribution in [1.82, 2.24) is 3.53 Å². The molecule has 1 N–H and O–H groups in total. The van der Waals surface area contributed by atoms with E-state index in [-0.39, 0.29) is 5.91 Å². The summed E-state index contributed by atoms with van der Waals surface area (Å²) in [7, 11) is 0. The molecule has 0 bridgehead atoms. The van der Waals surface area contributed by atoms with Crippen LogP contribution in [0.15, 0.2) is 24.3 Å². The second-order valence-electron chi connectivity index (χ2n) is 2.07. The normalized spacial score (nSPS) is 15.5. The van der Waals surface area contributed by atoms with Crippen molar-refractivity contribution in [2.24, 2.45) is 0 Å². The minimum absolute atomic E-state index is 0.0142. The van der Waals surface area contributed by atoms with Crippen LogP contribution in [0.1, 0.15) is 10.4 Å². The summed E-state index contributed by atoms with van der Waals surface area (Å²) in [6.45, 7) is 0. The summed E-state index contributed by atoms with van der Waals surface area (Å²) in [6.07, 6.45) is 0. The number of benzene rings is 1. The van der Waals surface area contributed by atoms with E-state index < -0.39 is 21.9 Å². The summed E-state index contributed by atoms with van der Waals surface area (Å²) in [5.41, 5.74) is 0.637. The van der Waals surface area contributed by atoms with Crippen molar-refractivity contribution in [1.29, 1.82) is 0 Å². The molecule has 0 spiro atoms. The molecular weight excluding hydrogens is 257 g/mol. The van der Waals surface area contributed by atoms with Crippen molar-refractivity contribution in [3.63, 3.8) is 0 Å². The Morgan fingerprint density at radius 2 is 2.18 bits per heavy atom. The number of hydrogen-bond donors (Lipinski definition) is 1. The van der Waals surface area contributed by atoms with Gasteiger partial charge in [0.2, 0.25) is 0 Å². The second kappa shape index (κ2) is 2.69. The molecule has 58 valence electrons. The molecule has 1 aromatic carbocycles. The molecule has 0 radical (unpaired) electrons. The fourth-order valence-electron chi connectivity index (χ4n) is 0.868. The van der Waals surface area contributed by atoms with Crippen LogP contribution in [0.4, 0.5) is 0 Å². The molecule has 0 atom stereocenters. The quantitative estimate of drug-likeness (QED) is 0.423. The van der Waals surface area contributed by atoms with Gasteiger partial charge in [0.15, 0.2) is 0 Å². The average molecular weight is 262 g/mol. The van der Waals surface area contributed by atoms with Crippen LogP contribution < -0.4 is 28.5 Å². The van der Waals surface area contributed by atoms with Gasteiger partial charge in [0.1, 0.15) is 0 Å². The van der Waals surface area contributed by atoms with Crippen LogP contribution in [0.2, 0.25) is 0 Å². The van der Waals surface area contributed by atoms with Crippen molar-refractivity contribution in [2.45, 2.75) is 0 Å². The van der Waals surface area contributed by atoms with Gasteiger partial charge in [0.05, 0.1) is 0 Å². The number of fused-ring (bicyclic) bond motifs is 1. The molecule has 3 nitrogen and oxygen atoms in total. The van der Waals surface area contributed by atoms with Gasteiger partial charge in [-0.3, -0.25) is 0 Å². The Morgan fingerprint density at radius 3 is 3.00 bits per heavy atom. The van der Waals surface area contributed by atoms with Crippen LogP contribution in [-0.2, 0) is 0 Å². The molecule has 1 aromatic rings. The van der Waals surface area contributed by atoms with Gasteiger partial charge in [-0.1, -0.05) is 0 Å². The van der Waals surface area contributed by atoms with E-state index in [2.05, 4.69) is 3.53 Å². The fourth-order valence-corrected chi connectivity index (χ4v) is 2.09. The number of amides is 1. The standard InChI is InChI=1S/C7H5INO2/c10-7-5-3-1-2-4-6(5)11-8-9-7/h1-4H,(H,9,10)/q-1. The predicted octanol–water partition coefficient (Wildman–Crippen LogP) is -2.27. The number of para-hydroxylation sites is 1. The van der Waals surface area contributed by atoms with Gasteiger partial charge in [0.25, 0.3) is 0 Å². The van der Waals surface area contributed by atoms with Crippen LogP contribution in [0, 0.1) is 0 Å². The molecule has 0 unspecified atom stereocenters. The Bertz CT molecular complexity index is 300. The number of halogens is 1. The maximum atomic E-state index is 11.1. The fraction of sp³-hybridized carbons (Fsp3) is 0. The van der Waals surface area contributed by atoms with E-state index in [1.165, 1.54) is 0 Å². The molecule has 1 heterocycles. The predicted molar refractivity (Wildman–Crippen MR) is 34.5 cm³/mol. The van der Waals surface area contributed by atoms with E-state index in [0.717, 1.165) is 0 Å². The third kappa shape index (κ3) is 1.18. The topological polar surface area (TPSA) is 38.3 Å².